The molecule has 1 aromatic carbocycles. The lowest BCUT2D eigenvalue weighted by Gasteiger charge is -2.15. The van der Waals surface area contributed by atoms with Crippen LogP contribution in [0.5, 0.6) is 0 Å². The quantitative estimate of drug-likeness (QED) is 0.791. The van der Waals surface area contributed by atoms with Gasteiger partial charge in [0, 0.05) is 6.04 Å². The van der Waals surface area contributed by atoms with E-state index in [2.05, 4.69) is 19.2 Å². The average molecular weight is 340 g/mol. The Morgan fingerprint density at radius 3 is 2.39 bits per heavy atom. The molecule has 0 spiro atoms. The fraction of sp³-hybridized carbons (Fsp3) is 0.611. The van der Waals surface area contributed by atoms with Gasteiger partial charge in [0.15, 0.2) is 9.84 Å². The van der Waals surface area contributed by atoms with Crippen molar-refractivity contribution >= 4 is 15.7 Å². The minimum Gasteiger partial charge on any atom is -0.353 e. The summed E-state index contributed by atoms with van der Waals surface area (Å²) in [4.78, 5) is 12.0. The van der Waals surface area contributed by atoms with Crippen LogP contribution in [-0.4, -0.2) is 26.1 Å². The molecule has 0 aliphatic heterocycles. The van der Waals surface area contributed by atoms with E-state index in [4.69, 9.17) is 0 Å². The number of carbonyl (C=O) groups is 1. The van der Waals surface area contributed by atoms with Gasteiger partial charge in [-0.3, -0.25) is 4.79 Å². The first kappa shape index (κ1) is 19.7. The summed E-state index contributed by atoms with van der Waals surface area (Å²) in [5.41, 5.74) is 2.73. The van der Waals surface area contributed by atoms with Crippen LogP contribution < -0.4 is 5.32 Å². The number of nitrogens with one attached hydrogen (secondary N) is 1. The van der Waals surface area contributed by atoms with Crippen molar-refractivity contribution in [3.05, 3.63) is 34.9 Å². The molecule has 130 valence electrons. The number of hydrogen-bond acceptors (Lipinski definition) is 3. The Labute approximate surface area is 140 Å². The lowest BCUT2D eigenvalue weighted by molar-refractivity contribution is -0.119. The van der Waals surface area contributed by atoms with Gasteiger partial charge in [0.05, 0.1) is 5.75 Å². The van der Waals surface area contributed by atoms with Crippen LogP contribution in [0.15, 0.2) is 18.2 Å². The molecule has 1 rings (SSSR count). The summed E-state index contributed by atoms with van der Waals surface area (Å²) >= 11 is 0. The van der Waals surface area contributed by atoms with Crippen LogP contribution >= 0.6 is 0 Å². The average Bonchev–Trinajstić information content (AvgIpc) is 2.39. The molecule has 0 saturated carbocycles. The van der Waals surface area contributed by atoms with Gasteiger partial charge in [-0.05, 0) is 50.7 Å². The second-order valence-corrected chi connectivity index (χ2v) is 8.97. The van der Waals surface area contributed by atoms with Crippen LogP contribution in [0, 0.1) is 19.8 Å². The molecule has 1 unspecified atom stereocenters. The summed E-state index contributed by atoms with van der Waals surface area (Å²) in [5.74, 6) is -0.380. The van der Waals surface area contributed by atoms with Crippen molar-refractivity contribution in [2.45, 2.75) is 59.3 Å². The second-order valence-electron chi connectivity index (χ2n) is 6.90. The maximum Gasteiger partial charge on any atom is 0.235 e. The van der Waals surface area contributed by atoms with Gasteiger partial charge in [-0.25, -0.2) is 8.42 Å². The summed E-state index contributed by atoms with van der Waals surface area (Å²) in [6.45, 7) is 9.99. The van der Waals surface area contributed by atoms with Crippen LogP contribution in [0.1, 0.15) is 50.3 Å². The molecule has 1 aromatic rings. The highest BCUT2D eigenvalue weighted by Crippen LogP contribution is 2.14. The third-order valence-corrected chi connectivity index (χ3v) is 5.27. The number of sulfone groups is 1. The molecule has 1 amide bonds. The standard InChI is InChI=1S/C18H29NO3S/c1-13(2)6-9-16(5)19-18(20)12-23(21,22)11-17-10-14(3)7-8-15(17)4/h7-8,10,13,16H,6,9,11-12H2,1-5H3,(H,19,20). The molecular weight excluding hydrogens is 310 g/mol. The number of amides is 1. The number of benzene rings is 1. The maximum absolute atomic E-state index is 12.3. The Balaban J connectivity index is 2.60. The highest BCUT2D eigenvalue weighted by atomic mass is 32.2. The van der Waals surface area contributed by atoms with Gasteiger partial charge in [0.25, 0.3) is 0 Å². The summed E-state index contributed by atoms with van der Waals surface area (Å²) in [7, 11) is -3.46. The summed E-state index contributed by atoms with van der Waals surface area (Å²) in [5, 5.41) is 2.79. The largest absolute Gasteiger partial charge is 0.353 e. The predicted molar refractivity (Wildman–Crippen MR) is 95.1 cm³/mol. The Morgan fingerprint density at radius 2 is 1.78 bits per heavy atom. The van der Waals surface area contributed by atoms with Gasteiger partial charge in [0.1, 0.15) is 5.75 Å². The molecule has 0 aliphatic rings. The van der Waals surface area contributed by atoms with Gasteiger partial charge >= 0.3 is 0 Å². The van der Waals surface area contributed by atoms with E-state index in [0.717, 1.165) is 29.5 Å². The predicted octanol–water partition coefficient (Wildman–Crippen LogP) is 3.16. The molecule has 1 N–H and O–H groups in total. The van der Waals surface area contributed by atoms with Crippen molar-refractivity contribution in [3.8, 4) is 0 Å². The third-order valence-electron chi connectivity index (χ3n) is 3.82. The van der Waals surface area contributed by atoms with Crippen LogP contribution in [0.3, 0.4) is 0 Å². The smallest absolute Gasteiger partial charge is 0.235 e. The van der Waals surface area contributed by atoms with Crippen molar-refractivity contribution in [1.82, 2.24) is 5.32 Å². The Morgan fingerprint density at radius 1 is 1.13 bits per heavy atom. The molecule has 0 fully saturated rings. The van der Waals surface area contributed by atoms with Gasteiger partial charge < -0.3 is 5.32 Å². The van der Waals surface area contributed by atoms with E-state index < -0.39 is 21.5 Å². The number of rotatable bonds is 8. The minimum atomic E-state index is -3.46. The fourth-order valence-electron chi connectivity index (χ4n) is 2.42. The maximum atomic E-state index is 12.3. The molecule has 23 heavy (non-hydrogen) atoms. The Kier molecular flexibility index (Phi) is 7.26. The first-order valence-electron chi connectivity index (χ1n) is 8.15. The molecule has 5 heteroatoms. The van der Waals surface area contributed by atoms with Crippen LogP contribution in [0.2, 0.25) is 0 Å². The molecule has 0 saturated heterocycles. The Hall–Kier alpha value is -1.36. The molecule has 0 aromatic heterocycles. The molecule has 0 heterocycles. The van der Waals surface area contributed by atoms with Crippen molar-refractivity contribution in [3.63, 3.8) is 0 Å². The molecular formula is C18H29NO3S. The van der Waals surface area contributed by atoms with Gasteiger partial charge in [-0.2, -0.15) is 0 Å². The van der Waals surface area contributed by atoms with Gasteiger partial charge in [-0.15, -0.1) is 0 Å². The van der Waals surface area contributed by atoms with Crippen molar-refractivity contribution < 1.29 is 13.2 Å². The molecule has 1 atom stereocenters. The van der Waals surface area contributed by atoms with Gasteiger partial charge in [0.2, 0.25) is 5.91 Å². The van der Waals surface area contributed by atoms with E-state index in [0.29, 0.717) is 5.92 Å². The van der Waals surface area contributed by atoms with Crippen molar-refractivity contribution in [2.75, 3.05) is 5.75 Å². The Bertz CT molecular complexity index is 636. The van der Waals surface area contributed by atoms with E-state index in [1.165, 1.54) is 0 Å². The normalized spacial score (nSPS) is 13.1. The zero-order chi connectivity index (χ0) is 17.6. The van der Waals surface area contributed by atoms with E-state index in [1.54, 1.807) is 0 Å². The van der Waals surface area contributed by atoms with Crippen LogP contribution in [-0.2, 0) is 20.4 Å². The highest BCUT2D eigenvalue weighted by molar-refractivity contribution is 7.91. The minimum absolute atomic E-state index is 0.000746. The molecule has 0 aliphatic carbocycles. The first-order chi connectivity index (χ1) is 10.6. The summed E-state index contributed by atoms with van der Waals surface area (Å²) in [6.07, 6.45) is 1.87. The van der Waals surface area contributed by atoms with E-state index in [1.807, 2.05) is 39.0 Å². The topological polar surface area (TPSA) is 63.2 Å². The molecule has 0 radical (unpaired) electrons. The zero-order valence-electron chi connectivity index (χ0n) is 14.8. The molecule has 0 bridgehead atoms. The fourth-order valence-corrected chi connectivity index (χ4v) is 3.79. The van der Waals surface area contributed by atoms with Crippen molar-refractivity contribution in [1.29, 1.82) is 0 Å². The van der Waals surface area contributed by atoms with Crippen LogP contribution in [0.25, 0.3) is 0 Å². The lowest BCUT2D eigenvalue weighted by atomic mass is 10.0. The van der Waals surface area contributed by atoms with E-state index in [-0.39, 0.29) is 11.8 Å². The zero-order valence-corrected chi connectivity index (χ0v) is 15.7. The van der Waals surface area contributed by atoms with E-state index in [9.17, 15) is 13.2 Å². The van der Waals surface area contributed by atoms with Crippen LogP contribution in [0.4, 0.5) is 0 Å². The second kappa shape index (κ2) is 8.48. The SMILES string of the molecule is Cc1ccc(C)c(CS(=O)(=O)CC(=O)NC(C)CCC(C)C)c1. The van der Waals surface area contributed by atoms with Crippen molar-refractivity contribution in [2.24, 2.45) is 5.92 Å². The number of carbonyl (C=O) groups excluding carboxylic acids is 1. The monoisotopic (exact) mass is 339 g/mol. The number of hydrogen-bond donors (Lipinski definition) is 1. The first-order valence-corrected chi connectivity index (χ1v) is 9.97. The van der Waals surface area contributed by atoms with Gasteiger partial charge in [-0.1, -0.05) is 37.6 Å². The highest BCUT2D eigenvalue weighted by Gasteiger charge is 2.19. The molecule has 4 nitrogen and oxygen atoms in total. The number of aryl methyl sites for hydroxylation is 2. The third kappa shape index (κ3) is 7.64. The summed E-state index contributed by atoms with van der Waals surface area (Å²) < 4.78 is 24.5. The lowest BCUT2D eigenvalue weighted by Crippen LogP contribution is -2.37. The summed E-state index contributed by atoms with van der Waals surface area (Å²) in [6, 6.07) is 5.74. The van der Waals surface area contributed by atoms with E-state index >= 15 is 0 Å².